The number of nitrogens with one attached hydrogen (secondary N) is 2. The van der Waals surface area contributed by atoms with E-state index >= 15 is 0 Å². The molecule has 1 atom stereocenters. The fourth-order valence-corrected chi connectivity index (χ4v) is 2.30. The summed E-state index contributed by atoms with van der Waals surface area (Å²) in [6.07, 6.45) is 13.2. The summed E-state index contributed by atoms with van der Waals surface area (Å²) in [7, 11) is 0. The van der Waals surface area contributed by atoms with Gasteiger partial charge in [-0.15, -0.1) is 0 Å². The Bertz CT molecular complexity index is 262. The molecule has 0 heterocycles. The maximum absolute atomic E-state index is 10.5. The molecule has 0 spiro atoms. The number of carboxylic acid groups (broad SMARTS) is 1. The van der Waals surface area contributed by atoms with Crippen molar-refractivity contribution in [2.45, 2.75) is 84.1 Å². The van der Waals surface area contributed by atoms with Crippen LogP contribution in [-0.2, 0) is 4.79 Å². The zero-order valence-electron chi connectivity index (χ0n) is 16.4. The van der Waals surface area contributed by atoms with Gasteiger partial charge in [0.05, 0.1) is 13.2 Å². The molecule has 0 saturated carbocycles. The predicted molar refractivity (Wildman–Crippen MR) is 104 cm³/mol. The van der Waals surface area contributed by atoms with E-state index in [2.05, 4.69) is 17.6 Å². The zero-order chi connectivity index (χ0) is 19.2. The van der Waals surface area contributed by atoms with Crippen LogP contribution in [0.3, 0.4) is 0 Å². The molecule has 0 aliphatic rings. The van der Waals surface area contributed by atoms with Gasteiger partial charge in [-0.2, -0.15) is 0 Å². The molecule has 0 fully saturated rings. The first-order valence-electron chi connectivity index (χ1n) is 9.98. The van der Waals surface area contributed by atoms with Gasteiger partial charge in [-0.3, -0.25) is 4.79 Å². The van der Waals surface area contributed by atoms with E-state index in [4.69, 9.17) is 15.3 Å². The maximum atomic E-state index is 10.5. The van der Waals surface area contributed by atoms with E-state index in [1.54, 1.807) is 6.92 Å². The molecular formula is C19H42N2O4. The summed E-state index contributed by atoms with van der Waals surface area (Å²) in [5, 5.41) is 30.8. The van der Waals surface area contributed by atoms with E-state index in [1.165, 1.54) is 57.8 Å². The van der Waals surface area contributed by atoms with Crippen molar-refractivity contribution in [1.82, 2.24) is 10.6 Å². The van der Waals surface area contributed by atoms with Crippen molar-refractivity contribution < 1.29 is 20.1 Å². The monoisotopic (exact) mass is 362 g/mol. The Morgan fingerprint density at radius 3 is 1.64 bits per heavy atom. The molecule has 0 rings (SSSR count). The quantitative estimate of drug-likeness (QED) is 0.255. The number of carboxylic acids is 1. The Balaban J connectivity index is 0. The van der Waals surface area contributed by atoms with Crippen LogP contribution in [0.1, 0.15) is 78.1 Å². The predicted octanol–water partition coefficient (Wildman–Crippen LogP) is 2.53. The molecule has 0 aliphatic heterocycles. The molecule has 0 amide bonds. The molecule has 6 nitrogen and oxygen atoms in total. The third kappa shape index (κ3) is 25.7. The summed E-state index contributed by atoms with van der Waals surface area (Å²) >= 11 is 0. The molecule has 0 unspecified atom stereocenters. The normalized spacial score (nSPS) is 11.7. The van der Waals surface area contributed by atoms with Crippen LogP contribution in [0.4, 0.5) is 0 Å². The molecule has 0 aromatic carbocycles. The highest BCUT2D eigenvalue weighted by Crippen LogP contribution is 2.10. The molecule has 152 valence electrons. The summed E-state index contributed by atoms with van der Waals surface area (Å²) in [6, 6.07) is -0.413. The average molecular weight is 363 g/mol. The van der Waals surface area contributed by atoms with Crippen LogP contribution in [0.2, 0.25) is 0 Å². The number of unbranched alkanes of at least 4 members (excludes halogenated alkanes) is 9. The van der Waals surface area contributed by atoms with E-state index in [1.807, 2.05) is 0 Å². The topological polar surface area (TPSA) is 102 Å². The van der Waals surface area contributed by atoms with Gasteiger partial charge in [-0.25, -0.2) is 0 Å². The molecule has 0 bridgehead atoms. The second kappa shape index (κ2) is 23.3. The standard InChI is InChI=1S/C15H31NO2.C4H11NO2/c1-3-4-5-6-7-8-9-10-11-12-13-16-14(2)15(17)18;6-3-1-5-2-4-7/h14,16H,3-13H2,1-2H3,(H,17,18);5-7H,1-4H2/t14-;/m0./s1. The van der Waals surface area contributed by atoms with Gasteiger partial charge in [0.15, 0.2) is 0 Å². The lowest BCUT2D eigenvalue weighted by molar-refractivity contribution is -0.138. The minimum atomic E-state index is -0.762. The lowest BCUT2D eigenvalue weighted by Gasteiger charge is -2.08. The van der Waals surface area contributed by atoms with Crippen LogP contribution in [0.5, 0.6) is 0 Å². The lowest BCUT2D eigenvalue weighted by atomic mass is 10.1. The summed E-state index contributed by atoms with van der Waals surface area (Å²) in [5.74, 6) is -0.762. The molecule has 0 aromatic heterocycles. The van der Waals surface area contributed by atoms with Crippen LogP contribution < -0.4 is 10.6 Å². The number of hydrogen-bond acceptors (Lipinski definition) is 5. The van der Waals surface area contributed by atoms with Gasteiger partial charge in [-0.1, -0.05) is 64.7 Å². The van der Waals surface area contributed by atoms with E-state index in [-0.39, 0.29) is 13.2 Å². The fraction of sp³-hybridized carbons (Fsp3) is 0.947. The van der Waals surface area contributed by atoms with Gasteiger partial charge in [0.25, 0.3) is 0 Å². The van der Waals surface area contributed by atoms with Crippen molar-refractivity contribution >= 4 is 5.97 Å². The molecular weight excluding hydrogens is 320 g/mol. The molecule has 0 aliphatic carbocycles. The second-order valence-electron chi connectivity index (χ2n) is 6.39. The zero-order valence-corrected chi connectivity index (χ0v) is 16.4. The molecule has 0 aromatic rings. The van der Waals surface area contributed by atoms with Gasteiger partial charge >= 0.3 is 5.97 Å². The maximum Gasteiger partial charge on any atom is 0.320 e. The third-order valence-corrected chi connectivity index (χ3v) is 3.93. The molecule has 0 radical (unpaired) electrons. The Kier molecular flexibility index (Phi) is 24.7. The fourth-order valence-electron chi connectivity index (χ4n) is 2.30. The Morgan fingerprint density at radius 1 is 0.800 bits per heavy atom. The first-order valence-corrected chi connectivity index (χ1v) is 9.98. The first kappa shape index (κ1) is 26.5. The number of aliphatic hydroxyl groups is 2. The Morgan fingerprint density at radius 2 is 1.24 bits per heavy atom. The summed E-state index contributed by atoms with van der Waals surface area (Å²) < 4.78 is 0. The van der Waals surface area contributed by atoms with Crippen molar-refractivity contribution in [2.75, 3.05) is 32.8 Å². The van der Waals surface area contributed by atoms with Crippen LogP contribution in [0.25, 0.3) is 0 Å². The Labute approximate surface area is 154 Å². The summed E-state index contributed by atoms with van der Waals surface area (Å²) in [5.41, 5.74) is 0. The third-order valence-electron chi connectivity index (χ3n) is 3.93. The van der Waals surface area contributed by atoms with Gasteiger partial charge in [0.2, 0.25) is 0 Å². The van der Waals surface area contributed by atoms with Crippen molar-refractivity contribution in [3.05, 3.63) is 0 Å². The smallest absolute Gasteiger partial charge is 0.320 e. The number of hydrogen-bond donors (Lipinski definition) is 5. The van der Waals surface area contributed by atoms with E-state index in [0.717, 1.165) is 13.0 Å². The highest BCUT2D eigenvalue weighted by Gasteiger charge is 2.07. The highest BCUT2D eigenvalue weighted by atomic mass is 16.4. The van der Waals surface area contributed by atoms with Gasteiger partial charge in [-0.05, 0) is 19.9 Å². The minimum Gasteiger partial charge on any atom is -0.480 e. The van der Waals surface area contributed by atoms with Crippen LogP contribution >= 0.6 is 0 Å². The van der Waals surface area contributed by atoms with Crippen LogP contribution in [-0.4, -0.2) is 60.2 Å². The average Bonchev–Trinajstić information content (AvgIpc) is 2.60. The van der Waals surface area contributed by atoms with E-state index < -0.39 is 12.0 Å². The number of carbonyl (C=O) groups is 1. The Hall–Kier alpha value is -0.690. The van der Waals surface area contributed by atoms with Gasteiger partial charge in [0.1, 0.15) is 6.04 Å². The van der Waals surface area contributed by atoms with Gasteiger partial charge < -0.3 is 26.0 Å². The number of aliphatic hydroxyl groups excluding tert-OH is 2. The molecule has 6 heteroatoms. The molecule has 25 heavy (non-hydrogen) atoms. The van der Waals surface area contributed by atoms with Crippen LogP contribution in [0, 0.1) is 0 Å². The van der Waals surface area contributed by atoms with Crippen molar-refractivity contribution in [2.24, 2.45) is 0 Å². The first-order chi connectivity index (χ1) is 12.1. The van der Waals surface area contributed by atoms with Gasteiger partial charge in [0, 0.05) is 13.1 Å². The highest BCUT2D eigenvalue weighted by molar-refractivity contribution is 5.72. The lowest BCUT2D eigenvalue weighted by Crippen LogP contribution is -2.34. The number of rotatable bonds is 17. The summed E-state index contributed by atoms with van der Waals surface area (Å²) in [4.78, 5) is 10.5. The van der Waals surface area contributed by atoms with E-state index in [9.17, 15) is 4.79 Å². The van der Waals surface area contributed by atoms with Crippen molar-refractivity contribution in [3.63, 3.8) is 0 Å². The molecule has 5 N–H and O–H groups in total. The number of aliphatic carboxylic acids is 1. The van der Waals surface area contributed by atoms with E-state index in [0.29, 0.717) is 13.1 Å². The second-order valence-corrected chi connectivity index (χ2v) is 6.39. The van der Waals surface area contributed by atoms with Crippen molar-refractivity contribution in [3.8, 4) is 0 Å². The largest absolute Gasteiger partial charge is 0.480 e. The minimum absolute atomic E-state index is 0.139. The molecule has 0 saturated heterocycles. The SMILES string of the molecule is CCCCCCCCCCCCN[C@@H](C)C(=O)O.OCCNCCO. The summed E-state index contributed by atoms with van der Waals surface area (Å²) in [6.45, 7) is 6.18. The van der Waals surface area contributed by atoms with Crippen LogP contribution in [0.15, 0.2) is 0 Å². The van der Waals surface area contributed by atoms with Crippen molar-refractivity contribution in [1.29, 1.82) is 0 Å².